The Bertz CT molecular complexity index is 372. The zero-order chi connectivity index (χ0) is 12.9. The molecule has 1 aromatic rings. The molecule has 0 saturated carbocycles. The normalized spacial score (nSPS) is 22.1. The summed E-state index contributed by atoms with van der Waals surface area (Å²) in [6.07, 6.45) is 0. The van der Waals surface area contributed by atoms with E-state index in [1.165, 1.54) is 39.3 Å². The van der Waals surface area contributed by atoms with Gasteiger partial charge >= 0.3 is 0 Å². The molecule has 2 aliphatic heterocycles. The lowest BCUT2D eigenvalue weighted by atomic mass is 10.1. The van der Waals surface area contributed by atoms with Gasteiger partial charge in [-0.3, -0.25) is 9.80 Å². The molecule has 1 aromatic carbocycles. The van der Waals surface area contributed by atoms with Gasteiger partial charge in [0.1, 0.15) is 12.4 Å². The van der Waals surface area contributed by atoms with Gasteiger partial charge in [0.05, 0.1) is 0 Å². The number of para-hydroxylation sites is 1. The van der Waals surface area contributed by atoms with E-state index >= 15 is 0 Å². The number of rotatable bonds is 5. The first kappa shape index (κ1) is 12.9. The van der Waals surface area contributed by atoms with Crippen molar-refractivity contribution in [1.82, 2.24) is 15.1 Å². The van der Waals surface area contributed by atoms with Crippen molar-refractivity contribution in [2.24, 2.45) is 0 Å². The molecule has 2 aliphatic rings. The van der Waals surface area contributed by atoms with Crippen LogP contribution in [0.4, 0.5) is 0 Å². The van der Waals surface area contributed by atoms with E-state index in [1.54, 1.807) is 0 Å². The average Bonchev–Trinajstić information content (AvgIpc) is 2.40. The molecule has 19 heavy (non-hydrogen) atoms. The van der Waals surface area contributed by atoms with E-state index in [0.717, 1.165) is 24.9 Å². The summed E-state index contributed by atoms with van der Waals surface area (Å²) in [7, 11) is 0. The minimum atomic E-state index is 0.787. The monoisotopic (exact) mass is 261 g/mol. The molecule has 0 atom stereocenters. The predicted octanol–water partition coefficient (Wildman–Crippen LogP) is 0.655. The zero-order valence-corrected chi connectivity index (χ0v) is 11.4. The van der Waals surface area contributed by atoms with E-state index in [1.807, 2.05) is 30.3 Å². The fourth-order valence-corrected chi connectivity index (χ4v) is 2.69. The molecule has 2 heterocycles. The average molecular weight is 261 g/mol. The van der Waals surface area contributed by atoms with E-state index in [0.29, 0.717) is 0 Å². The Balaban J connectivity index is 1.33. The first-order valence-corrected chi connectivity index (χ1v) is 7.27. The standard InChI is InChI=1S/C15H23N3O/c1-2-4-15(5-3-1)19-11-10-17-6-8-18(9-7-17)14-12-16-13-14/h1-5,14,16H,6-13H2. The molecule has 104 valence electrons. The molecule has 0 aromatic heterocycles. The molecule has 0 aliphatic carbocycles. The highest BCUT2D eigenvalue weighted by atomic mass is 16.5. The molecule has 4 heteroatoms. The molecular weight excluding hydrogens is 238 g/mol. The Kier molecular flexibility index (Phi) is 4.33. The lowest BCUT2D eigenvalue weighted by molar-refractivity contribution is 0.0663. The SMILES string of the molecule is c1ccc(OCCN2CCN(C3CNC3)CC2)cc1. The van der Waals surface area contributed by atoms with Gasteiger partial charge < -0.3 is 10.1 Å². The molecule has 0 unspecified atom stereocenters. The summed E-state index contributed by atoms with van der Waals surface area (Å²) in [5, 5.41) is 3.35. The Morgan fingerprint density at radius 1 is 1.05 bits per heavy atom. The molecular formula is C15H23N3O. The largest absolute Gasteiger partial charge is 0.492 e. The van der Waals surface area contributed by atoms with Crippen LogP contribution < -0.4 is 10.1 Å². The van der Waals surface area contributed by atoms with Gasteiger partial charge in [-0.1, -0.05) is 18.2 Å². The predicted molar refractivity (Wildman–Crippen MR) is 76.6 cm³/mol. The molecule has 2 fully saturated rings. The Labute approximate surface area is 115 Å². The summed E-state index contributed by atoms with van der Waals surface area (Å²) in [4.78, 5) is 5.12. The Morgan fingerprint density at radius 2 is 1.79 bits per heavy atom. The van der Waals surface area contributed by atoms with Crippen molar-refractivity contribution >= 4 is 0 Å². The second kappa shape index (κ2) is 6.37. The van der Waals surface area contributed by atoms with Crippen molar-refractivity contribution in [3.63, 3.8) is 0 Å². The fraction of sp³-hybridized carbons (Fsp3) is 0.600. The maximum absolute atomic E-state index is 5.75. The highest BCUT2D eigenvalue weighted by Gasteiger charge is 2.27. The molecule has 0 spiro atoms. The van der Waals surface area contributed by atoms with Gasteiger partial charge in [-0.05, 0) is 12.1 Å². The molecule has 3 rings (SSSR count). The van der Waals surface area contributed by atoms with Gasteiger partial charge in [0.2, 0.25) is 0 Å². The van der Waals surface area contributed by atoms with Gasteiger partial charge in [-0.2, -0.15) is 0 Å². The van der Waals surface area contributed by atoms with Crippen LogP contribution in [-0.4, -0.2) is 68.3 Å². The van der Waals surface area contributed by atoms with Crippen molar-refractivity contribution in [3.8, 4) is 5.75 Å². The third kappa shape index (κ3) is 3.47. The second-order valence-electron chi connectivity index (χ2n) is 5.35. The Morgan fingerprint density at radius 3 is 2.42 bits per heavy atom. The van der Waals surface area contributed by atoms with Crippen LogP contribution in [0.25, 0.3) is 0 Å². The maximum Gasteiger partial charge on any atom is 0.119 e. The minimum absolute atomic E-state index is 0.787. The van der Waals surface area contributed by atoms with E-state index in [2.05, 4.69) is 15.1 Å². The van der Waals surface area contributed by atoms with Gasteiger partial charge in [-0.15, -0.1) is 0 Å². The molecule has 1 N–H and O–H groups in total. The summed E-state index contributed by atoms with van der Waals surface area (Å²) in [6.45, 7) is 8.94. The van der Waals surface area contributed by atoms with E-state index < -0.39 is 0 Å². The van der Waals surface area contributed by atoms with E-state index in [-0.39, 0.29) is 0 Å². The summed E-state index contributed by atoms with van der Waals surface area (Å²) in [5.41, 5.74) is 0. The quantitative estimate of drug-likeness (QED) is 0.842. The van der Waals surface area contributed by atoms with Crippen LogP contribution in [0.3, 0.4) is 0 Å². The van der Waals surface area contributed by atoms with Crippen molar-refractivity contribution in [1.29, 1.82) is 0 Å². The van der Waals surface area contributed by atoms with Crippen LogP contribution in [0.15, 0.2) is 30.3 Å². The molecule has 4 nitrogen and oxygen atoms in total. The van der Waals surface area contributed by atoms with Crippen molar-refractivity contribution < 1.29 is 4.74 Å². The first-order valence-electron chi connectivity index (χ1n) is 7.27. The lowest BCUT2D eigenvalue weighted by Crippen LogP contribution is -2.61. The molecule has 0 amide bonds. The van der Waals surface area contributed by atoms with Crippen LogP contribution in [0.1, 0.15) is 0 Å². The number of piperazine rings is 1. The number of benzene rings is 1. The van der Waals surface area contributed by atoms with E-state index in [4.69, 9.17) is 4.74 Å². The minimum Gasteiger partial charge on any atom is -0.492 e. The van der Waals surface area contributed by atoms with Crippen LogP contribution in [0, 0.1) is 0 Å². The van der Waals surface area contributed by atoms with Crippen LogP contribution in [0.2, 0.25) is 0 Å². The van der Waals surface area contributed by atoms with Gasteiger partial charge in [0, 0.05) is 51.9 Å². The number of nitrogens with one attached hydrogen (secondary N) is 1. The van der Waals surface area contributed by atoms with Gasteiger partial charge in [0.25, 0.3) is 0 Å². The van der Waals surface area contributed by atoms with Crippen LogP contribution >= 0.6 is 0 Å². The number of nitrogens with zero attached hydrogens (tertiary/aromatic N) is 2. The fourth-order valence-electron chi connectivity index (χ4n) is 2.69. The second-order valence-corrected chi connectivity index (χ2v) is 5.35. The molecule has 2 saturated heterocycles. The summed E-state index contributed by atoms with van der Waals surface area (Å²) in [6, 6.07) is 10.9. The number of ether oxygens (including phenoxy) is 1. The third-order valence-corrected chi connectivity index (χ3v) is 4.10. The number of hydrogen-bond donors (Lipinski definition) is 1. The van der Waals surface area contributed by atoms with Crippen molar-refractivity contribution in [3.05, 3.63) is 30.3 Å². The van der Waals surface area contributed by atoms with Gasteiger partial charge in [-0.25, -0.2) is 0 Å². The summed E-state index contributed by atoms with van der Waals surface area (Å²) >= 11 is 0. The topological polar surface area (TPSA) is 27.7 Å². The highest BCUT2D eigenvalue weighted by molar-refractivity contribution is 5.20. The van der Waals surface area contributed by atoms with Crippen LogP contribution in [-0.2, 0) is 0 Å². The summed E-state index contributed by atoms with van der Waals surface area (Å²) in [5.74, 6) is 0.974. The smallest absolute Gasteiger partial charge is 0.119 e. The maximum atomic E-state index is 5.75. The Hall–Kier alpha value is -1.10. The van der Waals surface area contributed by atoms with Crippen molar-refractivity contribution in [2.75, 3.05) is 52.4 Å². The molecule has 0 bridgehead atoms. The van der Waals surface area contributed by atoms with E-state index in [9.17, 15) is 0 Å². The molecule has 0 radical (unpaired) electrons. The first-order chi connectivity index (χ1) is 9.42. The zero-order valence-electron chi connectivity index (χ0n) is 11.4. The highest BCUT2D eigenvalue weighted by Crippen LogP contribution is 2.11. The lowest BCUT2D eigenvalue weighted by Gasteiger charge is -2.43. The van der Waals surface area contributed by atoms with Gasteiger partial charge in [0.15, 0.2) is 0 Å². The van der Waals surface area contributed by atoms with Crippen molar-refractivity contribution in [2.45, 2.75) is 6.04 Å². The summed E-state index contributed by atoms with van der Waals surface area (Å²) < 4.78 is 5.75. The van der Waals surface area contributed by atoms with Crippen LogP contribution in [0.5, 0.6) is 5.75 Å². The third-order valence-electron chi connectivity index (χ3n) is 4.10. The number of hydrogen-bond acceptors (Lipinski definition) is 4.